The zero-order valence-corrected chi connectivity index (χ0v) is 10.8. The number of hydrogen-bond acceptors (Lipinski definition) is 5. The third-order valence-corrected chi connectivity index (χ3v) is 3.41. The van der Waals surface area contributed by atoms with Crippen molar-refractivity contribution < 1.29 is 9.26 Å². The summed E-state index contributed by atoms with van der Waals surface area (Å²) in [6, 6.07) is 0. The average molecular weight is 239 g/mol. The molecule has 1 atom stereocenters. The molecular weight excluding hydrogens is 218 g/mol. The summed E-state index contributed by atoms with van der Waals surface area (Å²) in [5.41, 5.74) is -0.422. The van der Waals surface area contributed by atoms with Crippen molar-refractivity contribution in [1.82, 2.24) is 15.5 Å². The quantitative estimate of drug-likeness (QED) is 0.815. The van der Waals surface area contributed by atoms with Gasteiger partial charge in [0, 0.05) is 13.0 Å². The molecule has 1 aliphatic heterocycles. The number of nitrogens with zero attached hydrogens (tertiary/aromatic N) is 2. The molecule has 1 saturated heterocycles. The van der Waals surface area contributed by atoms with Crippen molar-refractivity contribution in [3.63, 3.8) is 0 Å². The molecular formula is C12H21N3O2. The van der Waals surface area contributed by atoms with E-state index in [1.54, 1.807) is 0 Å². The Hall–Kier alpha value is -0.940. The highest BCUT2D eigenvalue weighted by molar-refractivity contribution is 5.00. The third-order valence-electron chi connectivity index (χ3n) is 3.41. The van der Waals surface area contributed by atoms with Gasteiger partial charge in [0.25, 0.3) is 0 Å². The first-order valence-corrected chi connectivity index (χ1v) is 6.35. The number of hydrogen-bond donors (Lipinski definition) is 1. The molecule has 5 nitrogen and oxygen atoms in total. The minimum atomic E-state index is -0.422. The van der Waals surface area contributed by atoms with Crippen LogP contribution >= 0.6 is 0 Å². The lowest BCUT2D eigenvalue weighted by Crippen LogP contribution is -2.43. The summed E-state index contributed by atoms with van der Waals surface area (Å²) in [4.78, 5) is 4.46. The van der Waals surface area contributed by atoms with Gasteiger partial charge in [-0.1, -0.05) is 12.1 Å². The Morgan fingerprint density at radius 1 is 1.47 bits per heavy atom. The van der Waals surface area contributed by atoms with Gasteiger partial charge in [0.05, 0.1) is 0 Å². The van der Waals surface area contributed by atoms with Crippen LogP contribution in [0.4, 0.5) is 0 Å². The standard InChI is InChI=1S/C12H21N3O2/c1-4-12(3,16-5-2)11-14-10(17-15-11)6-9-7-13-8-9/h9,13H,4-8H2,1-3H3. The van der Waals surface area contributed by atoms with Crippen molar-refractivity contribution in [3.05, 3.63) is 11.7 Å². The van der Waals surface area contributed by atoms with E-state index in [2.05, 4.69) is 22.4 Å². The SMILES string of the molecule is CCOC(C)(CC)c1noc(CC2CNC2)n1. The predicted octanol–water partition coefficient (Wildman–Crippen LogP) is 1.49. The maximum absolute atomic E-state index is 5.73. The maximum atomic E-state index is 5.73. The van der Waals surface area contributed by atoms with Gasteiger partial charge in [-0.15, -0.1) is 0 Å². The molecule has 1 aromatic rings. The molecule has 1 N–H and O–H groups in total. The molecule has 0 saturated carbocycles. The molecule has 1 aromatic heterocycles. The summed E-state index contributed by atoms with van der Waals surface area (Å²) in [6.45, 7) is 8.82. The van der Waals surface area contributed by atoms with Gasteiger partial charge >= 0.3 is 0 Å². The lowest BCUT2D eigenvalue weighted by Gasteiger charge is -2.25. The first-order chi connectivity index (χ1) is 8.18. The summed E-state index contributed by atoms with van der Waals surface area (Å²) in [7, 11) is 0. The molecule has 0 amide bonds. The van der Waals surface area contributed by atoms with Crippen LogP contribution in [0.25, 0.3) is 0 Å². The van der Waals surface area contributed by atoms with Crippen LogP contribution in [0.5, 0.6) is 0 Å². The molecule has 17 heavy (non-hydrogen) atoms. The summed E-state index contributed by atoms with van der Waals surface area (Å²) in [6.07, 6.45) is 1.71. The zero-order chi connectivity index (χ0) is 12.3. The Bertz CT molecular complexity index is 362. The van der Waals surface area contributed by atoms with Gasteiger partial charge in [-0.05, 0) is 39.3 Å². The van der Waals surface area contributed by atoms with E-state index in [4.69, 9.17) is 9.26 Å². The summed E-state index contributed by atoms with van der Waals surface area (Å²) < 4.78 is 11.0. The van der Waals surface area contributed by atoms with Gasteiger partial charge in [-0.2, -0.15) is 4.98 Å². The van der Waals surface area contributed by atoms with Crippen LogP contribution in [-0.4, -0.2) is 29.8 Å². The molecule has 0 aliphatic carbocycles. The van der Waals surface area contributed by atoms with E-state index in [-0.39, 0.29) is 0 Å². The molecule has 0 radical (unpaired) electrons. The molecule has 0 aromatic carbocycles. The van der Waals surface area contributed by atoms with E-state index in [9.17, 15) is 0 Å². The fourth-order valence-corrected chi connectivity index (χ4v) is 1.94. The van der Waals surface area contributed by atoms with Crippen molar-refractivity contribution in [1.29, 1.82) is 0 Å². The van der Waals surface area contributed by atoms with Crippen LogP contribution in [0.2, 0.25) is 0 Å². The fourth-order valence-electron chi connectivity index (χ4n) is 1.94. The fraction of sp³-hybridized carbons (Fsp3) is 0.833. The van der Waals surface area contributed by atoms with Crippen molar-refractivity contribution >= 4 is 0 Å². The first-order valence-electron chi connectivity index (χ1n) is 6.35. The second-order valence-corrected chi connectivity index (χ2v) is 4.76. The lowest BCUT2D eigenvalue weighted by atomic mass is 9.99. The highest BCUT2D eigenvalue weighted by atomic mass is 16.5. The normalized spacial score (nSPS) is 19.9. The first kappa shape index (κ1) is 12.5. The summed E-state index contributed by atoms with van der Waals surface area (Å²) in [5.74, 6) is 2.04. The molecule has 1 aliphatic rings. The average Bonchev–Trinajstić information content (AvgIpc) is 2.73. The van der Waals surface area contributed by atoms with E-state index in [0.717, 1.165) is 31.8 Å². The van der Waals surface area contributed by atoms with E-state index in [1.807, 2.05) is 13.8 Å². The van der Waals surface area contributed by atoms with Crippen LogP contribution in [0.15, 0.2) is 4.52 Å². The van der Waals surface area contributed by atoms with Crippen LogP contribution in [0.3, 0.4) is 0 Å². The van der Waals surface area contributed by atoms with Gasteiger partial charge in [0.2, 0.25) is 11.7 Å². The highest BCUT2D eigenvalue weighted by Gasteiger charge is 2.31. The molecule has 1 fully saturated rings. The Morgan fingerprint density at radius 2 is 2.24 bits per heavy atom. The predicted molar refractivity (Wildman–Crippen MR) is 63.6 cm³/mol. The van der Waals surface area contributed by atoms with E-state index in [0.29, 0.717) is 18.3 Å². The van der Waals surface area contributed by atoms with Crippen LogP contribution < -0.4 is 5.32 Å². The van der Waals surface area contributed by atoms with Crippen molar-refractivity contribution in [2.24, 2.45) is 5.92 Å². The largest absolute Gasteiger partial charge is 0.367 e. The zero-order valence-electron chi connectivity index (χ0n) is 10.8. The Balaban J connectivity index is 2.04. The molecule has 2 rings (SSSR count). The van der Waals surface area contributed by atoms with E-state index < -0.39 is 5.60 Å². The minimum Gasteiger partial charge on any atom is -0.367 e. The van der Waals surface area contributed by atoms with Crippen molar-refractivity contribution in [2.75, 3.05) is 19.7 Å². The lowest BCUT2D eigenvalue weighted by molar-refractivity contribution is -0.0403. The molecule has 0 bridgehead atoms. The maximum Gasteiger partial charge on any atom is 0.227 e. The molecule has 5 heteroatoms. The Labute approximate surface area is 102 Å². The van der Waals surface area contributed by atoms with Gasteiger partial charge in [0.1, 0.15) is 5.60 Å². The molecule has 0 spiro atoms. The molecule has 96 valence electrons. The second kappa shape index (κ2) is 5.14. The molecule has 2 heterocycles. The van der Waals surface area contributed by atoms with Gasteiger partial charge < -0.3 is 14.6 Å². The number of rotatable bonds is 6. The third kappa shape index (κ3) is 2.66. The van der Waals surface area contributed by atoms with Crippen LogP contribution in [0.1, 0.15) is 38.9 Å². The van der Waals surface area contributed by atoms with Crippen LogP contribution in [-0.2, 0) is 16.8 Å². The highest BCUT2D eigenvalue weighted by Crippen LogP contribution is 2.26. The Morgan fingerprint density at radius 3 is 2.76 bits per heavy atom. The summed E-state index contributed by atoms with van der Waals surface area (Å²) in [5, 5.41) is 7.29. The Kier molecular flexibility index (Phi) is 3.79. The van der Waals surface area contributed by atoms with E-state index in [1.165, 1.54) is 0 Å². The molecule has 1 unspecified atom stereocenters. The monoisotopic (exact) mass is 239 g/mol. The van der Waals surface area contributed by atoms with Gasteiger partial charge in [-0.3, -0.25) is 0 Å². The van der Waals surface area contributed by atoms with Crippen molar-refractivity contribution in [3.8, 4) is 0 Å². The minimum absolute atomic E-state index is 0.422. The van der Waals surface area contributed by atoms with E-state index >= 15 is 0 Å². The second-order valence-electron chi connectivity index (χ2n) is 4.76. The topological polar surface area (TPSA) is 60.2 Å². The van der Waals surface area contributed by atoms with Gasteiger partial charge in [0.15, 0.2) is 0 Å². The number of nitrogens with one attached hydrogen (secondary N) is 1. The van der Waals surface area contributed by atoms with Crippen LogP contribution in [0, 0.1) is 5.92 Å². The van der Waals surface area contributed by atoms with Gasteiger partial charge in [-0.25, -0.2) is 0 Å². The summed E-state index contributed by atoms with van der Waals surface area (Å²) >= 11 is 0. The number of aromatic nitrogens is 2. The smallest absolute Gasteiger partial charge is 0.227 e. The van der Waals surface area contributed by atoms with Crippen molar-refractivity contribution in [2.45, 2.75) is 39.2 Å². The number of ether oxygens (including phenoxy) is 1.